The number of aromatic nitrogens is 1. The minimum Gasteiger partial charge on any atom is -0.317 e. The molecule has 22 heavy (non-hydrogen) atoms. The molecule has 2 N–H and O–H groups in total. The number of nitrogens with one attached hydrogen (secondary N) is 2. The molecule has 1 saturated heterocycles. The van der Waals surface area contributed by atoms with Gasteiger partial charge in [0.15, 0.2) is 0 Å². The Hall–Kier alpha value is -0.650. The summed E-state index contributed by atoms with van der Waals surface area (Å²) in [4.78, 5) is 16.7. The fourth-order valence-electron chi connectivity index (χ4n) is 2.79. The van der Waals surface area contributed by atoms with Crippen molar-refractivity contribution in [2.45, 2.75) is 52.9 Å². The second kappa shape index (κ2) is 9.48. The van der Waals surface area contributed by atoms with Crippen LogP contribution >= 0.6 is 23.7 Å². The van der Waals surface area contributed by atoms with Crippen molar-refractivity contribution >= 4 is 34.7 Å². The number of carbonyl (C=O) groups excluding carboxylic acids is 1. The average Bonchev–Trinajstić information content (AvgIpc) is 2.76. The molecule has 1 aromatic heterocycles. The molecule has 1 aliphatic rings. The minimum atomic E-state index is 0. The maximum atomic E-state index is 12.2. The van der Waals surface area contributed by atoms with E-state index in [4.69, 9.17) is 0 Å². The first-order chi connectivity index (χ1) is 10.0. The van der Waals surface area contributed by atoms with E-state index < -0.39 is 0 Å². The van der Waals surface area contributed by atoms with Crippen molar-refractivity contribution in [3.63, 3.8) is 0 Å². The lowest BCUT2D eigenvalue weighted by atomic mass is 9.93. The molecule has 1 amide bonds. The number of amides is 1. The van der Waals surface area contributed by atoms with Crippen molar-refractivity contribution < 1.29 is 4.79 Å². The van der Waals surface area contributed by atoms with E-state index >= 15 is 0 Å². The van der Waals surface area contributed by atoms with Crippen molar-refractivity contribution in [1.29, 1.82) is 0 Å². The first kappa shape index (κ1) is 19.4. The molecule has 0 atom stereocenters. The molecular formula is C16H28ClN3OS. The van der Waals surface area contributed by atoms with Gasteiger partial charge in [-0.1, -0.05) is 13.8 Å². The van der Waals surface area contributed by atoms with Gasteiger partial charge in [-0.25, -0.2) is 4.98 Å². The normalized spacial score (nSPS) is 15.6. The van der Waals surface area contributed by atoms with E-state index in [0.717, 1.165) is 41.6 Å². The molecule has 1 fully saturated rings. The van der Waals surface area contributed by atoms with Gasteiger partial charge >= 0.3 is 0 Å². The van der Waals surface area contributed by atoms with Gasteiger partial charge < -0.3 is 10.6 Å². The molecule has 0 saturated carbocycles. The zero-order chi connectivity index (χ0) is 15.2. The minimum absolute atomic E-state index is 0. The lowest BCUT2D eigenvalue weighted by molar-refractivity contribution is -0.116. The summed E-state index contributed by atoms with van der Waals surface area (Å²) in [6.07, 6.45) is 4.96. The smallest absolute Gasteiger partial charge is 0.225 e. The highest BCUT2D eigenvalue weighted by atomic mass is 35.5. The van der Waals surface area contributed by atoms with Crippen LogP contribution in [0.5, 0.6) is 0 Å². The Morgan fingerprint density at radius 1 is 1.41 bits per heavy atom. The Labute approximate surface area is 143 Å². The third-order valence-corrected chi connectivity index (χ3v) is 4.83. The number of hydrogen-bond acceptors (Lipinski definition) is 4. The van der Waals surface area contributed by atoms with Crippen LogP contribution in [-0.2, 0) is 11.2 Å². The number of thiazole rings is 1. The first-order valence-corrected chi connectivity index (χ1v) is 8.83. The van der Waals surface area contributed by atoms with E-state index in [2.05, 4.69) is 29.5 Å². The molecule has 0 aromatic carbocycles. The number of anilines is 1. The van der Waals surface area contributed by atoms with E-state index in [-0.39, 0.29) is 18.3 Å². The maximum Gasteiger partial charge on any atom is 0.225 e. The molecule has 0 bridgehead atoms. The molecule has 0 spiro atoms. The van der Waals surface area contributed by atoms with E-state index in [1.807, 2.05) is 6.92 Å². The second-order valence-electron chi connectivity index (χ2n) is 6.39. The molecule has 0 unspecified atom stereocenters. The Bertz CT molecular complexity index is 470. The fraction of sp³-hybridized carbons (Fsp3) is 0.750. The number of halogens is 1. The van der Waals surface area contributed by atoms with Gasteiger partial charge in [0.05, 0.1) is 10.7 Å². The van der Waals surface area contributed by atoms with Gasteiger partial charge in [0, 0.05) is 6.42 Å². The summed E-state index contributed by atoms with van der Waals surface area (Å²) >= 11 is 1.59. The molecule has 2 heterocycles. The lowest BCUT2D eigenvalue weighted by Crippen LogP contribution is -2.28. The summed E-state index contributed by atoms with van der Waals surface area (Å²) < 4.78 is 0. The molecule has 0 aliphatic carbocycles. The third kappa shape index (κ3) is 6.23. The van der Waals surface area contributed by atoms with Crippen LogP contribution in [0.3, 0.4) is 0 Å². The van der Waals surface area contributed by atoms with Crippen LogP contribution in [0, 0.1) is 18.8 Å². The van der Waals surface area contributed by atoms with Gasteiger partial charge in [0.1, 0.15) is 5.00 Å². The van der Waals surface area contributed by atoms with E-state index in [9.17, 15) is 4.79 Å². The Kier molecular flexibility index (Phi) is 8.36. The molecule has 6 heteroatoms. The van der Waals surface area contributed by atoms with Crippen LogP contribution in [0.4, 0.5) is 5.00 Å². The molecule has 2 rings (SSSR count). The largest absolute Gasteiger partial charge is 0.317 e. The zero-order valence-corrected chi connectivity index (χ0v) is 15.4. The van der Waals surface area contributed by atoms with Crippen molar-refractivity contribution in [3.8, 4) is 0 Å². The number of carbonyl (C=O) groups is 1. The third-order valence-electron chi connectivity index (χ3n) is 3.90. The highest BCUT2D eigenvalue weighted by Crippen LogP contribution is 2.27. The first-order valence-electron chi connectivity index (χ1n) is 8.01. The summed E-state index contributed by atoms with van der Waals surface area (Å²) in [5.74, 6) is 1.40. The summed E-state index contributed by atoms with van der Waals surface area (Å²) in [5.41, 5.74) is 1.04. The molecule has 1 aromatic rings. The molecule has 4 nitrogen and oxygen atoms in total. The standard InChI is InChI=1S/C16H27N3OS.ClH/c1-11(2)10-14-16(21-12(3)18-14)19-15(20)5-4-13-6-8-17-9-7-13;/h11,13,17H,4-10H2,1-3H3,(H,19,20);1H. The Morgan fingerprint density at radius 2 is 2.09 bits per heavy atom. The van der Waals surface area contributed by atoms with Crippen LogP contribution < -0.4 is 10.6 Å². The summed E-state index contributed by atoms with van der Waals surface area (Å²) in [6.45, 7) is 8.55. The monoisotopic (exact) mass is 345 g/mol. The average molecular weight is 346 g/mol. The summed E-state index contributed by atoms with van der Waals surface area (Å²) in [7, 11) is 0. The highest BCUT2D eigenvalue weighted by molar-refractivity contribution is 7.16. The van der Waals surface area contributed by atoms with Crippen molar-refractivity contribution in [2.75, 3.05) is 18.4 Å². The number of aryl methyl sites for hydroxylation is 1. The molecule has 1 aliphatic heterocycles. The van der Waals surface area contributed by atoms with Crippen molar-refractivity contribution in [1.82, 2.24) is 10.3 Å². The number of piperidine rings is 1. The number of nitrogens with zero attached hydrogens (tertiary/aromatic N) is 1. The SMILES string of the molecule is Cc1nc(CC(C)C)c(NC(=O)CCC2CCNCC2)s1.Cl. The molecular weight excluding hydrogens is 318 g/mol. The van der Waals surface area contributed by atoms with Crippen LogP contribution in [0.1, 0.15) is 50.2 Å². The predicted molar refractivity (Wildman–Crippen MR) is 96.1 cm³/mol. The summed E-state index contributed by atoms with van der Waals surface area (Å²) in [6, 6.07) is 0. The van der Waals surface area contributed by atoms with E-state index in [1.54, 1.807) is 11.3 Å². The molecule has 0 radical (unpaired) electrons. The Balaban J connectivity index is 0.00000242. The molecule has 126 valence electrons. The van der Waals surface area contributed by atoms with Crippen molar-refractivity contribution in [2.24, 2.45) is 11.8 Å². The van der Waals surface area contributed by atoms with Crippen LogP contribution in [0.15, 0.2) is 0 Å². The fourth-order valence-corrected chi connectivity index (χ4v) is 3.65. The van der Waals surface area contributed by atoms with Crippen LogP contribution in [0.25, 0.3) is 0 Å². The topological polar surface area (TPSA) is 54.0 Å². The number of rotatable bonds is 6. The predicted octanol–water partition coefficient (Wildman–Crippen LogP) is 3.79. The van der Waals surface area contributed by atoms with Crippen molar-refractivity contribution in [3.05, 3.63) is 10.7 Å². The van der Waals surface area contributed by atoms with E-state index in [0.29, 0.717) is 18.3 Å². The zero-order valence-electron chi connectivity index (χ0n) is 13.8. The van der Waals surface area contributed by atoms with Gasteiger partial charge in [0.25, 0.3) is 0 Å². The van der Waals surface area contributed by atoms with Crippen LogP contribution in [0.2, 0.25) is 0 Å². The van der Waals surface area contributed by atoms with Gasteiger partial charge in [0.2, 0.25) is 5.91 Å². The lowest BCUT2D eigenvalue weighted by Gasteiger charge is -2.22. The van der Waals surface area contributed by atoms with Crippen LogP contribution in [-0.4, -0.2) is 24.0 Å². The van der Waals surface area contributed by atoms with Gasteiger partial charge in [-0.2, -0.15) is 0 Å². The summed E-state index contributed by atoms with van der Waals surface area (Å²) in [5, 5.41) is 8.42. The van der Waals surface area contributed by atoms with Gasteiger partial charge in [-0.3, -0.25) is 4.79 Å². The van der Waals surface area contributed by atoms with E-state index in [1.165, 1.54) is 12.8 Å². The van der Waals surface area contributed by atoms with Gasteiger partial charge in [-0.15, -0.1) is 23.7 Å². The maximum absolute atomic E-state index is 12.2. The number of hydrogen-bond donors (Lipinski definition) is 2. The highest BCUT2D eigenvalue weighted by Gasteiger charge is 2.16. The quantitative estimate of drug-likeness (QED) is 0.824. The Morgan fingerprint density at radius 3 is 2.73 bits per heavy atom. The second-order valence-corrected chi connectivity index (χ2v) is 7.59. The van der Waals surface area contributed by atoms with Gasteiger partial charge in [-0.05, 0) is 57.5 Å².